The van der Waals surface area contributed by atoms with Crippen LogP contribution in [0.5, 0.6) is 11.5 Å². The number of nitrogens with zero attached hydrogens (tertiary/aromatic N) is 1. The van der Waals surface area contributed by atoms with E-state index in [9.17, 15) is 4.79 Å². The third-order valence-electron chi connectivity index (χ3n) is 3.18. The molecule has 0 radical (unpaired) electrons. The lowest BCUT2D eigenvalue weighted by Gasteiger charge is -2.29. The molecule has 1 heterocycles. The highest BCUT2D eigenvalue weighted by Gasteiger charge is 2.19. The maximum atomic E-state index is 10.9. The number of carbonyl (C=O) groups is 1. The summed E-state index contributed by atoms with van der Waals surface area (Å²) in [6, 6.07) is 4.55. The number of carboxylic acid groups (broad SMARTS) is 1. The summed E-state index contributed by atoms with van der Waals surface area (Å²) in [6.45, 7) is 2.84. The van der Waals surface area contributed by atoms with Crippen LogP contribution in [0, 0.1) is 0 Å². The standard InChI is InChI=1S/C14H19NO5/c1-15-5-6-19-11(8-15)9-20-12-4-3-10(14(16)17)7-13(12)18-2/h3-4,7,11H,5-6,8-9H2,1-2H3,(H,16,17). The van der Waals surface area contributed by atoms with Gasteiger partial charge in [0.2, 0.25) is 0 Å². The van der Waals surface area contributed by atoms with Crippen LogP contribution in [0.25, 0.3) is 0 Å². The fraction of sp³-hybridized carbons (Fsp3) is 0.500. The SMILES string of the molecule is COc1cc(C(=O)O)ccc1OCC1CN(C)CCO1. The van der Waals surface area contributed by atoms with Crippen LogP contribution in [-0.4, -0.2) is 62.5 Å². The normalized spacial score (nSPS) is 19.6. The summed E-state index contributed by atoms with van der Waals surface area (Å²) >= 11 is 0. The monoisotopic (exact) mass is 281 g/mol. The summed E-state index contributed by atoms with van der Waals surface area (Å²) in [7, 11) is 3.52. The number of hydrogen-bond acceptors (Lipinski definition) is 5. The highest BCUT2D eigenvalue weighted by molar-refractivity contribution is 5.88. The Bertz CT molecular complexity index is 477. The highest BCUT2D eigenvalue weighted by atomic mass is 16.5. The molecule has 6 heteroatoms. The van der Waals surface area contributed by atoms with E-state index in [1.807, 2.05) is 7.05 Å². The Balaban J connectivity index is 2.00. The van der Waals surface area contributed by atoms with Gasteiger partial charge in [0.1, 0.15) is 12.7 Å². The zero-order chi connectivity index (χ0) is 14.5. The van der Waals surface area contributed by atoms with Gasteiger partial charge in [0.25, 0.3) is 0 Å². The fourth-order valence-electron chi connectivity index (χ4n) is 2.07. The minimum atomic E-state index is -0.993. The van der Waals surface area contributed by atoms with Crippen molar-refractivity contribution in [1.82, 2.24) is 4.90 Å². The molecule has 0 spiro atoms. The van der Waals surface area contributed by atoms with Crippen LogP contribution >= 0.6 is 0 Å². The molecule has 0 aliphatic carbocycles. The first-order chi connectivity index (χ1) is 9.60. The minimum absolute atomic E-state index is 0.0117. The van der Waals surface area contributed by atoms with Crippen molar-refractivity contribution in [2.45, 2.75) is 6.10 Å². The smallest absolute Gasteiger partial charge is 0.335 e. The lowest BCUT2D eigenvalue weighted by molar-refractivity contribution is -0.0406. The molecule has 20 heavy (non-hydrogen) atoms. The summed E-state index contributed by atoms with van der Waals surface area (Å²) < 4.78 is 16.4. The van der Waals surface area contributed by atoms with E-state index in [4.69, 9.17) is 19.3 Å². The molecule has 110 valence electrons. The van der Waals surface area contributed by atoms with Crippen LogP contribution in [0.2, 0.25) is 0 Å². The number of rotatable bonds is 5. The molecule has 1 aliphatic heterocycles. The average molecular weight is 281 g/mol. The number of carboxylic acids is 1. The minimum Gasteiger partial charge on any atom is -0.493 e. The first kappa shape index (κ1) is 14.6. The van der Waals surface area contributed by atoms with Crippen molar-refractivity contribution < 1.29 is 24.1 Å². The lowest BCUT2D eigenvalue weighted by Crippen LogP contribution is -2.42. The van der Waals surface area contributed by atoms with Crippen LogP contribution in [0.3, 0.4) is 0 Å². The van der Waals surface area contributed by atoms with E-state index in [0.717, 1.165) is 13.1 Å². The van der Waals surface area contributed by atoms with Crippen molar-refractivity contribution in [3.05, 3.63) is 23.8 Å². The highest BCUT2D eigenvalue weighted by Crippen LogP contribution is 2.28. The lowest BCUT2D eigenvalue weighted by atomic mass is 10.2. The van der Waals surface area contributed by atoms with E-state index in [2.05, 4.69) is 4.90 Å². The van der Waals surface area contributed by atoms with Crippen LogP contribution in [0.15, 0.2) is 18.2 Å². The third kappa shape index (κ3) is 3.61. The second-order valence-electron chi connectivity index (χ2n) is 4.74. The molecule has 1 fully saturated rings. The van der Waals surface area contributed by atoms with E-state index in [0.29, 0.717) is 24.7 Å². The van der Waals surface area contributed by atoms with Gasteiger partial charge < -0.3 is 24.2 Å². The molecular weight excluding hydrogens is 262 g/mol. The van der Waals surface area contributed by atoms with Gasteiger partial charge in [0.05, 0.1) is 19.3 Å². The predicted molar refractivity (Wildman–Crippen MR) is 72.7 cm³/mol. The summed E-state index contributed by atoms with van der Waals surface area (Å²) in [6.07, 6.45) is 0.0117. The topological polar surface area (TPSA) is 68.2 Å². The quantitative estimate of drug-likeness (QED) is 0.871. The van der Waals surface area contributed by atoms with Crippen LogP contribution in [0.4, 0.5) is 0 Å². The largest absolute Gasteiger partial charge is 0.493 e. The van der Waals surface area contributed by atoms with Gasteiger partial charge in [-0.2, -0.15) is 0 Å². The molecule has 6 nitrogen and oxygen atoms in total. The number of likely N-dealkylation sites (N-methyl/N-ethyl adjacent to an activating group) is 1. The molecule has 1 saturated heterocycles. The van der Waals surface area contributed by atoms with Gasteiger partial charge in [-0.15, -0.1) is 0 Å². The third-order valence-corrected chi connectivity index (χ3v) is 3.18. The van der Waals surface area contributed by atoms with Gasteiger partial charge >= 0.3 is 5.97 Å². The number of ether oxygens (including phenoxy) is 3. The number of benzene rings is 1. The van der Waals surface area contributed by atoms with Crippen molar-refractivity contribution in [3.63, 3.8) is 0 Å². The van der Waals surface area contributed by atoms with E-state index in [1.165, 1.54) is 19.2 Å². The Kier molecular flexibility index (Phi) is 4.81. The van der Waals surface area contributed by atoms with Gasteiger partial charge in [-0.3, -0.25) is 0 Å². The molecule has 0 bridgehead atoms. The summed E-state index contributed by atoms with van der Waals surface area (Å²) in [5, 5.41) is 8.94. The first-order valence-electron chi connectivity index (χ1n) is 6.44. The number of hydrogen-bond donors (Lipinski definition) is 1. The Hall–Kier alpha value is -1.79. The van der Waals surface area contributed by atoms with Gasteiger partial charge in [0, 0.05) is 13.1 Å². The maximum Gasteiger partial charge on any atom is 0.335 e. The van der Waals surface area contributed by atoms with E-state index in [1.54, 1.807) is 6.07 Å². The molecule has 1 N–H and O–H groups in total. The molecule has 2 rings (SSSR count). The Morgan fingerprint density at radius 2 is 2.30 bits per heavy atom. The second kappa shape index (κ2) is 6.58. The van der Waals surface area contributed by atoms with Gasteiger partial charge in [-0.25, -0.2) is 4.79 Å². The van der Waals surface area contributed by atoms with Gasteiger partial charge in [-0.1, -0.05) is 0 Å². The summed E-state index contributed by atoms with van der Waals surface area (Å²) in [4.78, 5) is 13.1. The molecule has 1 aromatic carbocycles. The number of aromatic carboxylic acids is 1. The average Bonchev–Trinajstić information content (AvgIpc) is 2.45. The van der Waals surface area contributed by atoms with Gasteiger partial charge in [-0.05, 0) is 25.2 Å². The van der Waals surface area contributed by atoms with Crippen molar-refractivity contribution in [3.8, 4) is 11.5 Å². The molecule has 1 atom stereocenters. The Morgan fingerprint density at radius 1 is 1.50 bits per heavy atom. The fourth-order valence-corrected chi connectivity index (χ4v) is 2.07. The number of methoxy groups -OCH3 is 1. The summed E-state index contributed by atoms with van der Waals surface area (Å²) in [5.41, 5.74) is 0.169. The van der Waals surface area contributed by atoms with E-state index < -0.39 is 5.97 Å². The van der Waals surface area contributed by atoms with E-state index >= 15 is 0 Å². The Morgan fingerprint density at radius 3 is 2.95 bits per heavy atom. The molecule has 0 amide bonds. The van der Waals surface area contributed by atoms with Crippen molar-refractivity contribution in [2.75, 3.05) is 40.5 Å². The van der Waals surface area contributed by atoms with Crippen LogP contribution < -0.4 is 9.47 Å². The molecule has 1 aromatic rings. The molecular formula is C14H19NO5. The van der Waals surface area contributed by atoms with Gasteiger partial charge in [0.15, 0.2) is 11.5 Å². The predicted octanol–water partition coefficient (Wildman–Crippen LogP) is 1.10. The van der Waals surface area contributed by atoms with E-state index in [-0.39, 0.29) is 11.7 Å². The molecule has 0 saturated carbocycles. The zero-order valence-corrected chi connectivity index (χ0v) is 11.7. The van der Waals surface area contributed by atoms with Crippen molar-refractivity contribution >= 4 is 5.97 Å². The van der Waals surface area contributed by atoms with Crippen molar-refractivity contribution in [1.29, 1.82) is 0 Å². The molecule has 1 unspecified atom stereocenters. The molecule has 0 aromatic heterocycles. The van der Waals surface area contributed by atoms with Crippen LogP contribution in [-0.2, 0) is 4.74 Å². The Labute approximate surface area is 117 Å². The van der Waals surface area contributed by atoms with Crippen molar-refractivity contribution in [2.24, 2.45) is 0 Å². The second-order valence-corrected chi connectivity index (χ2v) is 4.74. The summed E-state index contributed by atoms with van der Waals surface area (Å²) in [5.74, 6) is -0.0597. The molecule has 1 aliphatic rings. The zero-order valence-electron chi connectivity index (χ0n) is 11.7. The van der Waals surface area contributed by atoms with Crippen LogP contribution in [0.1, 0.15) is 10.4 Å². The first-order valence-corrected chi connectivity index (χ1v) is 6.44. The maximum absolute atomic E-state index is 10.9. The number of morpholine rings is 1.